The maximum Gasteiger partial charge on any atom is 0.239 e. The molecular weight excluding hydrogens is 432 g/mol. The summed E-state index contributed by atoms with van der Waals surface area (Å²) in [5, 5.41) is 18.4. The second kappa shape index (κ2) is 9.35. The quantitative estimate of drug-likeness (QED) is 0.598. The predicted molar refractivity (Wildman–Crippen MR) is 136 cm³/mol. The lowest BCUT2D eigenvalue weighted by Gasteiger charge is -2.42. The minimum Gasteiger partial charge on any atom is -0.394 e. The number of rotatable bonds is 6. The maximum absolute atomic E-state index is 12.2. The van der Waals surface area contributed by atoms with Crippen LogP contribution in [0.15, 0.2) is 23.6 Å². The molecule has 6 nitrogen and oxygen atoms in total. The number of amides is 1. The molecule has 2 aliphatic rings. The fourth-order valence-corrected chi connectivity index (χ4v) is 6.00. The maximum atomic E-state index is 12.2. The summed E-state index contributed by atoms with van der Waals surface area (Å²) >= 11 is 1.70. The van der Waals surface area contributed by atoms with E-state index in [9.17, 15) is 9.90 Å². The summed E-state index contributed by atoms with van der Waals surface area (Å²) in [5.74, 6) is -0.131. The van der Waals surface area contributed by atoms with Gasteiger partial charge in [-0.15, -0.1) is 11.3 Å². The van der Waals surface area contributed by atoms with Gasteiger partial charge in [-0.1, -0.05) is 39.8 Å². The number of carbonyl (C=O) groups excluding carboxylic acids is 1. The van der Waals surface area contributed by atoms with Gasteiger partial charge in [0.05, 0.1) is 12.3 Å². The van der Waals surface area contributed by atoms with Gasteiger partial charge in [0.2, 0.25) is 5.91 Å². The Morgan fingerprint density at radius 2 is 1.85 bits per heavy atom. The van der Waals surface area contributed by atoms with Crippen molar-refractivity contribution in [3.63, 3.8) is 0 Å². The Balaban J connectivity index is 1.44. The number of nitrogens with zero attached hydrogens (tertiary/aromatic N) is 2. The van der Waals surface area contributed by atoms with Gasteiger partial charge in [0, 0.05) is 30.1 Å². The van der Waals surface area contributed by atoms with Crippen molar-refractivity contribution in [1.29, 1.82) is 0 Å². The summed E-state index contributed by atoms with van der Waals surface area (Å²) in [6.07, 6.45) is 4.19. The molecule has 1 aromatic carbocycles. The van der Waals surface area contributed by atoms with Gasteiger partial charge in [-0.05, 0) is 60.8 Å². The van der Waals surface area contributed by atoms with Crippen molar-refractivity contribution in [3.05, 3.63) is 34.7 Å². The Hall–Kier alpha value is -1.96. The number of benzene rings is 1. The van der Waals surface area contributed by atoms with E-state index in [1.807, 2.05) is 0 Å². The van der Waals surface area contributed by atoms with Crippen LogP contribution in [-0.2, 0) is 15.6 Å². The van der Waals surface area contributed by atoms with E-state index in [0.29, 0.717) is 0 Å². The largest absolute Gasteiger partial charge is 0.394 e. The average molecular weight is 471 g/mol. The van der Waals surface area contributed by atoms with Crippen LogP contribution < -0.4 is 15.5 Å². The molecule has 1 fully saturated rings. The minimum absolute atomic E-state index is 0.131. The second-order valence-corrected chi connectivity index (χ2v) is 11.7. The molecule has 1 atom stereocenters. The molecule has 1 aromatic heterocycles. The van der Waals surface area contributed by atoms with E-state index in [1.165, 1.54) is 29.5 Å². The molecule has 0 spiro atoms. The van der Waals surface area contributed by atoms with Crippen LogP contribution in [0, 0.1) is 0 Å². The van der Waals surface area contributed by atoms with E-state index in [1.54, 1.807) is 18.4 Å². The van der Waals surface area contributed by atoms with Crippen molar-refractivity contribution in [2.24, 2.45) is 0 Å². The Morgan fingerprint density at radius 1 is 1.18 bits per heavy atom. The number of aliphatic hydroxyl groups is 1. The summed E-state index contributed by atoms with van der Waals surface area (Å²) in [5.41, 5.74) is 5.60. The zero-order valence-electron chi connectivity index (χ0n) is 20.6. The Morgan fingerprint density at radius 3 is 2.48 bits per heavy atom. The van der Waals surface area contributed by atoms with Gasteiger partial charge in [-0.2, -0.15) is 0 Å². The van der Waals surface area contributed by atoms with E-state index in [-0.39, 0.29) is 29.4 Å². The second-order valence-electron chi connectivity index (χ2n) is 10.8. The highest BCUT2D eigenvalue weighted by Crippen LogP contribution is 2.47. The highest BCUT2D eigenvalue weighted by Gasteiger charge is 2.37. The molecule has 0 unspecified atom stereocenters. The molecule has 0 radical (unpaired) electrons. The third kappa shape index (κ3) is 4.96. The molecule has 33 heavy (non-hydrogen) atoms. The number of hydrogen-bond donors (Lipinski definition) is 3. The lowest BCUT2D eigenvalue weighted by atomic mass is 9.63. The first-order chi connectivity index (χ1) is 15.6. The highest BCUT2D eigenvalue weighted by atomic mass is 32.1. The molecule has 180 valence electrons. The smallest absolute Gasteiger partial charge is 0.239 e. The molecule has 3 N–H and O–H groups in total. The number of nitrogens with one attached hydrogen (secondary N) is 2. The molecule has 0 bridgehead atoms. The standard InChI is InChI=1S/C26H38N4O2S/c1-25(2)10-11-26(3,4)20-14-17(6-7-19(20)25)22-16-33-24(29-22)30-12-8-18(9-13-30)28-23(32)21(15-31)27-5/h6-7,14,16,18,21,27,31H,8-13,15H2,1-5H3,(H,28,32)/t21-/m0/s1. The number of carbonyl (C=O) groups is 1. The van der Waals surface area contributed by atoms with Crippen LogP contribution in [0.5, 0.6) is 0 Å². The fourth-order valence-electron chi connectivity index (χ4n) is 5.11. The van der Waals surface area contributed by atoms with E-state index in [2.05, 4.69) is 66.8 Å². The third-order valence-electron chi connectivity index (χ3n) is 7.60. The zero-order chi connectivity index (χ0) is 23.8. The monoisotopic (exact) mass is 470 g/mol. The van der Waals surface area contributed by atoms with Gasteiger partial charge in [0.25, 0.3) is 0 Å². The van der Waals surface area contributed by atoms with Gasteiger partial charge in [0.15, 0.2) is 5.13 Å². The Kier molecular flexibility index (Phi) is 6.85. The van der Waals surface area contributed by atoms with Crippen molar-refractivity contribution < 1.29 is 9.90 Å². The van der Waals surface area contributed by atoms with Gasteiger partial charge in [-0.3, -0.25) is 4.79 Å². The third-order valence-corrected chi connectivity index (χ3v) is 8.50. The first-order valence-corrected chi connectivity index (χ1v) is 13.0. The predicted octanol–water partition coefficient (Wildman–Crippen LogP) is 3.82. The number of anilines is 1. The molecule has 1 saturated heterocycles. The van der Waals surface area contributed by atoms with Crippen LogP contribution in [0.3, 0.4) is 0 Å². The number of hydrogen-bond acceptors (Lipinski definition) is 6. The summed E-state index contributed by atoms with van der Waals surface area (Å²) in [6, 6.07) is 6.53. The minimum atomic E-state index is -0.545. The first kappa shape index (κ1) is 24.2. The number of aliphatic hydroxyl groups excluding tert-OH is 1. The number of likely N-dealkylation sites (N-methyl/N-ethyl adjacent to an activating group) is 1. The van der Waals surface area contributed by atoms with E-state index < -0.39 is 6.04 Å². The van der Waals surface area contributed by atoms with Crippen LogP contribution in [0.4, 0.5) is 5.13 Å². The fraction of sp³-hybridized carbons (Fsp3) is 0.615. The van der Waals surface area contributed by atoms with Crippen molar-refractivity contribution in [2.45, 2.75) is 76.3 Å². The lowest BCUT2D eigenvalue weighted by Crippen LogP contribution is -2.51. The molecule has 2 aromatic rings. The number of piperidine rings is 1. The van der Waals surface area contributed by atoms with Crippen LogP contribution in [0.2, 0.25) is 0 Å². The van der Waals surface area contributed by atoms with Crippen LogP contribution in [-0.4, -0.2) is 54.8 Å². The van der Waals surface area contributed by atoms with Crippen LogP contribution >= 0.6 is 11.3 Å². The van der Waals surface area contributed by atoms with Gasteiger partial charge in [0.1, 0.15) is 6.04 Å². The molecular formula is C26H38N4O2S. The summed E-state index contributed by atoms with van der Waals surface area (Å²) < 4.78 is 0. The van der Waals surface area contributed by atoms with E-state index >= 15 is 0 Å². The van der Waals surface area contributed by atoms with Crippen molar-refractivity contribution in [2.75, 3.05) is 31.6 Å². The number of thiazole rings is 1. The molecule has 1 aliphatic carbocycles. The van der Waals surface area contributed by atoms with E-state index in [4.69, 9.17) is 4.98 Å². The van der Waals surface area contributed by atoms with Gasteiger partial charge < -0.3 is 20.6 Å². The van der Waals surface area contributed by atoms with Gasteiger partial charge >= 0.3 is 0 Å². The molecule has 7 heteroatoms. The van der Waals surface area contributed by atoms with E-state index in [0.717, 1.165) is 36.8 Å². The SMILES string of the molecule is CN[C@@H](CO)C(=O)NC1CCN(c2nc(-c3ccc4c(c3)C(C)(C)CCC4(C)C)cs2)CC1. The van der Waals surface area contributed by atoms with Crippen molar-refractivity contribution in [3.8, 4) is 11.3 Å². The first-order valence-electron chi connectivity index (χ1n) is 12.1. The number of aromatic nitrogens is 1. The highest BCUT2D eigenvalue weighted by molar-refractivity contribution is 7.14. The molecule has 1 amide bonds. The summed E-state index contributed by atoms with van der Waals surface area (Å²) in [6.45, 7) is 11.0. The number of fused-ring (bicyclic) bond motifs is 1. The van der Waals surface area contributed by atoms with Crippen molar-refractivity contribution in [1.82, 2.24) is 15.6 Å². The molecule has 4 rings (SSSR count). The average Bonchev–Trinajstić information content (AvgIpc) is 3.28. The molecule has 2 heterocycles. The molecule has 0 saturated carbocycles. The molecule has 1 aliphatic heterocycles. The van der Waals surface area contributed by atoms with Crippen molar-refractivity contribution >= 4 is 22.4 Å². The van der Waals surface area contributed by atoms with Gasteiger partial charge in [-0.25, -0.2) is 4.98 Å². The topological polar surface area (TPSA) is 77.5 Å². The Bertz CT molecular complexity index is 988. The van der Waals surface area contributed by atoms with Crippen LogP contribution in [0.25, 0.3) is 11.3 Å². The zero-order valence-corrected chi connectivity index (χ0v) is 21.4. The summed E-state index contributed by atoms with van der Waals surface area (Å²) in [7, 11) is 1.69. The van der Waals surface area contributed by atoms with Crippen LogP contribution in [0.1, 0.15) is 64.5 Å². The normalized spacial score (nSPS) is 20.8. The summed E-state index contributed by atoms with van der Waals surface area (Å²) in [4.78, 5) is 19.5. The Labute approximate surface area is 201 Å². The lowest BCUT2D eigenvalue weighted by molar-refractivity contribution is -0.124.